The van der Waals surface area contributed by atoms with Gasteiger partial charge in [0.05, 0.1) is 13.2 Å². The molecule has 2 N–H and O–H groups in total. The topological polar surface area (TPSA) is 48.0 Å². The van der Waals surface area contributed by atoms with E-state index in [9.17, 15) is 0 Å². The SMILES string of the molecule is CCCNC1CCOCC1CN1CCN(CCO)CC1. The van der Waals surface area contributed by atoms with Gasteiger partial charge in [0, 0.05) is 57.8 Å². The molecule has 2 fully saturated rings. The van der Waals surface area contributed by atoms with E-state index in [1.165, 1.54) is 6.42 Å². The highest BCUT2D eigenvalue weighted by atomic mass is 16.5. The van der Waals surface area contributed by atoms with E-state index in [2.05, 4.69) is 22.0 Å². The summed E-state index contributed by atoms with van der Waals surface area (Å²) >= 11 is 0. The van der Waals surface area contributed by atoms with Crippen LogP contribution >= 0.6 is 0 Å². The number of piperazine rings is 1. The largest absolute Gasteiger partial charge is 0.395 e. The van der Waals surface area contributed by atoms with E-state index in [0.29, 0.717) is 12.0 Å². The number of nitrogens with one attached hydrogen (secondary N) is 1. The van der Waals surface area contributed by atoms with Crippen molar-refractivity contribution in [3.63, 3.8) is 0 Å². The lowest BCUT2D eigenvalue weighted by molar-refractivity contribution is 0.00798. The lowest BCUT2D eigenvalue weighted by Crippen LogP contribution is -2.52. The lowest BCUT2D eigenvalue weighted by atomic mass is 9.94. The monoisotopic (exact) mass is 285 g/mol. The number of hydrogen-bond donors (Lipinski definition) is 2. The molecule has 0 aromatic heterocycles. The molecule has 20 heavy (non-hydrogen) atoms. The second kappa shape index (κ2) is 8.95. The molecule has 2 aliphatic heterocycles. The van der Waals surface area contributed by atoms with Gasteiger partial charge in [-0.05, 0) is 19.4 Å². The summed E-state index contributed by atoms with van der Waals surface area (Å²) in [5.41, 5.74) is 0. The molecule has 2 unspecified atom stereocenters. The normalized spacial score (nSPS) is 29.7. The van der Waals surface area contributed by atoms with Crippen molar-refractivity contribution in [2.24, 2.45) is 5.92 Å². The molecule has 118 valence electrons. The Kier molecular flexibility index (Phi) is 7.24. The summed E-state index contributed by atoms with van der Waals surface area (Å²) in [6, 6.07) is 0.624. The van der Waals surface area contributed by atoms with Gasteiger partial charge in [-0.3, -0.25) is 4.90 Å². The quantitative estimate of drug-likeness (QED) is 0.690. The van der Waals surface area contributed by atoms with Crippen LogP contribution in [0.25, 0.3) is 0 Å². The molecule has 0 spiro atoms. The predicted octanol–water partition coefficient (Wildman–Crippen LogP) is 0.00100. The summed E-state index contributed by atoms with van der Waals surface area (Å²) in [6.07, 6.45) is 2.35. The Hall–Kier alpha value is -0.200. The van der Waals surface area contributed by atoms with E-state index in [4.69, 9.17) is 9.84 Å². The molecular formula is C15H31N3O2. The highest BCUT2D eigenvalue weighted by molar-refractivity contribution is 4.83. The molecule has 5 heteroatoms. The van der Waals surface area contributed by atoms with Gasteiger partial charge in [-0.15, -0.1) is 0 Å². The third kappa shape index (κ3) is 4.97. The summed E-state index contributed by atoms with van der Waals surface area (Å²) in [6.45, 7) is 11.8. The molecule has 0 aromatic carbocycles. The van der Waals surface area contributed by atoms with Gasteiger partial charge in [0.2, 0.25) is 0 Å². The Balaban J connectivity index is 1.73. The lowest BCUT2D eigenvalue weighted by Gasteiger charge is -2.39. The first-order valence-corrected chi connectivity index (χ1v) is 8.20. The van der Waals surface area contributed by atoms with Crippen LogP contribution in [0.3, 0.4) is 0 Å². The third-order valence-corrected chi connectivity index (χ3v) is 4.50. The second-order valence-corrected chi connectivity index (χ2v) is 6.05. The Morgan fingerprint density at radius 2 is 1.95 bits per heavy atom. The molecule has 2 rings (SSSR count). The van der Waals surface area contributed by atoms with E-state index in [1.54, 1.807) is 0 Å². The predicted molar refractivity (Wildman–Crippen MR) is 81.0 cm³/mol. The van der Waals surface area contributed by atoms with Crippen molar-refractivity contribution in [3.8, 4) is 0 Å². The van der Waals surface area contributed by atoms with Gasteiger partial charge in [0.1, 0.15) is 0 Å². The van der Waals surface area contributed by atoms with Crippen LogP contribution in [0.4, 0.5) is 0 Å². The Labute approximate surface area is 123 Å². The van der Waals surface area contributed by atoms with Gasteiger partial charge in [0.15, 0.2) is 0 Å². The molecule has 0 saturated carbocycles. The average molecular weight is 285 g/mol. The van der Waals surface area contributed by atoms with Crippen LogP contribution in [-0.4, -0.2) is 86.6 Å². The molecule has 0 amide bonds. The van der Waals surface area contributed by atoms with Gasteiger partial charge in [0.25, 0.3) is 0 Å². The molecule has 0 aliphatic carbocycles. The van der Waals surface area contributed by atoms with Crippen LogP contribution in [0.5, 0.6) is 0 Å². The fourth-order valence-corrected chi connectivity index (χ4v) is 3.24. The molecule has 0 aromatic rings. The summed E-state index contributed by atoms with van der Waals surface area (Å²) in [5, 5.41) is 12.7. The Morgan fingerprint density at radius 1 is 1.20 bits per heavy atom. The van der Waals surface area contributed by atoms with Gasteiger partial charge < -0.3 is 20.1 Å². The summed E-state index contributed by atoms with van der Waals surface area (Å²) < 4.78 is 5.68. The van der Waals surface area contributed by atoms with E-state index >= 15 is 0 Å². The van der Waals surface area contributed by atoms with Crippen molar-refractivity contribution in [1.29, 1.82) is 0 Å². The van der Waals surface area contributed by atoms with Crippen molar-refractivity contribution >= 4 is 0 Å². The van der Waals surface area contributed by atoms with Crippen molar-refractivity contribution in [2.75, 3.05) is 65.6 Å². The van der Waals surface area contributed by atoms with E-state index in [-0.39, 0.29) is 6.61 Å². The van der Waals surface area contributed by atoms with E-state index in [0.717, 1.165) is 65.4 Å². The minimum atomic E-state index is 0.277. The van der Waals surface area contributed by atoms with Gasteiger partial charge in [-0.2, -0.15) is 0 Å². The standard InChI is InChI=1S/C15H31N3O2/c1-2-4-16-15-3-11-20-13-14(15)12-18-7-5-17(6-8-18)9-10-19/h14-16,19H,2-13H2,1H3. The smallest absolute Gasteiger partial charge is 0.0558 e. The summed E-state index contributed by atoms with van der Waals surface area (Å²) in [7, 11) is 0. The summed E-state index contributed by atoms with van der Waals surface area (Å²) in [5.74, 6) is 0.625. The second-order valence-electron chi connectivity index (χ2n) is 6.05. The third-order valence-electron chi connectivity index (χ3n) is 4.50. The number of hydrogen-bond acceptors (Lipinski definition) is 5. The molecular weight excluding hydrogens is 254 g/mol. The number of β-amino-alcohol motifs (C(OH)–C–C–N with tert-alkyl or cyclic N) is 1. The molecule has 2 saturated heterocycles. The van der Waals surface area contributed by atoms with Crippen LogP contribution in [0.2, 0.25) is 0 Å². The number of aliphatic hydroxyl groups is 1. The number of nitrogens with zero attached hydrogens (tertiary/aromatic N) is 2. The van der Waals surface area contributed by atoms with Gasteiger partial charge >= 0.3 is 0 Å². The van der Waals surface area contributed by atoms with Crippen molar-refractivity contribution in [1.82, 2.24) is 15.1 Å². The number of ether oxygens (including phenoxy) is 1. The van der Waals surface area contributed by atoms with Crippen LogP contribution in [0.15, 0.2) is 0 Å². The summed E-state index contributed by atoms with van der Waals surface area (Å²) in [4.78, 5) is 4.91. The Bertz CT molecular complexity index is 258. The van der Waals surface area contributed by atoms with Crippen LogP contribution < -0.4 is 5.32 Å². The Morgan fingerprint density at radius 3 is 2.65 bits per heavy atom. The first-order chi connectivity index (χ1) is 9.83. The average Bonchev–Trinajstić information content (AvgIpc) is 2.49. The number of aliphatic hydroxyl groups excluding tert-OH is 1. The van der Waals surface area contributed by atoms with Gasteiger partial charge in [-0.25, -0.2) is 0 Å². The zero-order valence-corrected chi connectivity index (χ0v) is 12.9. The zero-order chi connectivity index (χ0) is 14.2. The zero-order valence-electron chi connectivity index (χ0n) is 12.9. The fraction of sp³-hybridized carbons (Fsp3) is 1.00. The van der Waals surface area contributed by atoms with Crippen molar-refractivity contribution in [3.05, 3.63) is 0 Å². The minimum Gasteiger partial charge on any atom is -0.395 e. The first-order valence-electron chi connectivity index (χ1n) is 8.20. The van der Waals surface area contributed by atoms with Crippen molar-refractivity contribution in [2.45, 2.75) is 25.8 Å². The number of rotatable bonds is 7. The highest BCUT2D eigenvalue weighted by Crippen LogP contribution is 2.17. The minimum absolute atomic E-state index is 0.277. The highest BCUT2D eigenvalue weighted by Gasteiger charge is 2.28. The molecule has 2 aliphatic rings. The fourth-order valence-electron chi connectivity index (χ4n) is 3.24. The molecule has 2 atom stereocenters. The maximum Gasteiger partial charge on any atom is 0.0558 e. The first kappa shape index (κ1) is 16.2. The molecule has 0 radical (unpaired) electrons. The molecule has 0 bridgehead atoms. The molecule has 5 nitrogen and oxygen atoms in total. The van der Waals surface area contributed by atoms with Crippen molar-refractivity contribution < 1.29 is 9.84 Å². The van der Waals surface area contributed by atoms with Crippen LogP contribution in [0, 0.1) is 5.92 Å². The van der Waals surface area contributed by atoms with E-state index in [1.807, 2.05) is 0 Å². The van der Waals surface area contributed by atoms with Crippen LogP contribution in [-0.2, 0) is 4.74 Å². The maximum atomic E-state index is 8.98. The molecule has 2 heterocycles. The van der Waals surface area contributed by atoms with Crippen LogP contribution in [0.1, 0.15) is 19.8 Å². The maximum absolute atomic E-state index is 8.98. The van der Waals surface area contributed by atoms with Gasteiger partial charge in [-0.1, -0.05) is 6.92 Å². The van der Waals surface area contributed by atoms with E-state index < -0.39 is 0 Å².